The van der Waals surface area contributed by atoms with Gasteiger partial charge >= 0.3 is 0 Å². The first-order valence-electron chi connectivity index (χ1n) is 10.8. The van der Waals surface area contributed by atoms with E-state index in [2.05, 4.69) is 34.6 Å². The van der Waals surface area contributed by atoms with Gasteiger partial charge in [0.05, 0.1) is 0 Å². The van der Waals surface area contributed by atoms with Gasteiger partial charge in [-0.2, -0.15) is 0 Å². The van der Waals surface area contributed by atoms with Crippen molar-refractivity contribution in [2.24, 2.45) is 45.8 Å². The Morgan fingerprint density at radius 2 is 1.31 bits per heavy atom. The summed E-state index contributed by atoms with van der Waals surface area (Å²) in [5, 5.41) is 0. The van der Waals surface area contributed by atoms with Gasteiger partial charge in [0, 0.05) is 0 Å². The van der Waals surface area contributed by atoms with Crippen molar-refractivity contribution in [2.45, 2.75) is 121 Å². The molecule has 4 aliphatic carbocycles. The lowest BCUT2D eigenvalue weighted by Gasteiger charge is -2.61. The topological polar surface area (TPSA) is 0 Å². The monoisotopic (exact) mass is 364 g/mol. The molecule has 7 unspecified atom stereocenters. The van der Waals surface area contributed by atoms with E-state index >= 15 is 0 Å². The predicted molar refractivity (Wildman–Crippen MR) is 119 cm³/mol. The Bertz CT molecular complexity index is 457. The first-order chi connectivity index (χ1) is 10.8. The molecular weight excluding hydrogens is 312 g/mol. The largest absolute Gasteiger partial charge is 0.0776 e. The van der Waals surface area contributed by atoms with Crippen molar-refractivity contribution in [2.75, 3.05) is 0 Å². The van der Waals surface area contributed by atoms with Gasteiger partial charge in [0.15, 0.2) is 0 Å². The van der Waals surface area contributed by atoms with E-state index in [-0.39, 0.29) is 22.3 Å². The van der Waals surface area contributed by atoms with Crippen LogP contribution in [-0.4, -0.2) is 0 Å². The molecule has 156 valence electrons. The molecule has 4 fully saturated rings. The first kappa shape index (κ1) is 24.0. The average molecular weight is 365 g/mol. The Morgan fingerprint density at radius 1 is 0.654 bits per heavy atom. The highest BCUT2D eigenvalue weighted by Crippen LogP contribution is 2.69. The van der Waals surface area contributed by atoms with Gasteiger partial charge in [-0.15, -0.1) is 0 Å². The summed E-state index contributed by atoms with van der Waals surface area (Å²) >= 11 is 0. The highest BCUT2D eigenvalue weighted by Gasteiger charge is 2.60. The van der Waals surface area contributed by atoms with Crippen molar-refractivity contribution >= 4 is 0 Å². The van der Waals surface area contributed by atoms with E-state index in [0.717, 1.165) is 29.6 Å². The molecule has 0 saturated heterocycles. The van der Waals surface area contributed by atoms with Gasteiger partial charge in [0.2, 0.25) is 0 Å². The third kappa shape index (κ3) is 3.30. The lowest BCUT2D eigenvalue weighted by atomic mass is 9.44. The second-order valence-corrected chi connectivity index (χ2v) is 11.4. The normalized spacial score (nSPS) is 47.2. The number of hydrogen-bond donors (Lipinski definition) is 0. The molecule has 26 heavy (non-hydrogen) atoms. The molecule has 0 heteroatoms. The highest BCUT2D eigenvalue weighted by molar-refractivity contribution is 5.10. The van der Waals surface area contributed by atoms with Crippen molar-refractivity contribution in [3.8, 4) is 0 Å². The fraction of sp³-hybridized carbons (Fsp3) is 1.00. The summed E-state index contributed by atoms with van der Waals surface area (Å²) in [5.74, 6) is 5.21. The van der Waals surface area contributed by atoms with Crippen LogP contribution in [0.25, 0.3) is 0 Å². The maximum atomic E-state index is 2.71. The van der Waals surface area contributed by atoms with Crippen molar-refractivity contribution in [3.05, 3.63) is 0 Å². The third-order valence-electron chi connectivity index (χ3n) is 9.63. The molecule has 0 N–H and O–H groups in total. The Hall–Kier alpha value is 0. The molecule has 0 nitrogen and oxygen atoms in total. The van der Waals surface area contributed by atoms with E-state index in [1.165, 1.54) is 25.7 Å². The summed E-state index contributed by atoms with van der Waals surface area (Å²) in [4.78, 5) is 0. The Balaban J connectivity index is 0.00000113. The molecule has 4 saturated carbocycles. The fourth-order valence-corrected chi connectivity index (χ4v) is 8.72. The molecule has 4 aliphatic rings. The minimum atomic E-state index is 0. The third-order valence-corrected chi connectivity index (χ3v) is 9.63. The van der Waals surface area contributed by atoms with Crippen LogP contribution in [0.3, 0.4) is 0 Å². The van der Waals surface area contributed by atoms with Crippen LogP contribution < -0.4 is 0 Å². The standard InChI is InChI=1S/C23H40.3CH4/c1-21(2,3)20-12-11-18-17-10-9-16-8-6-7-14-22(16,4)19(17)13-15-23(18,20)5;;;/h16-20H,6-15H2,1-5H3;3*1H4. The first-order valence-corrected chi connectivity index (χ1v) is 10.8. The van der Waals surface area contributed by atoms with Crippen molar-refractivity contribution in [1.82, 2.24) is 0 Å². The van der Waals surface area contributed by atoms with Crippen LogP contribution in [0.2, 0.25) is 0 Å². The van der Waals surface area contributed by atoms with Crippen LogP contribution in [0, 0.1) is 45.8 Å². The number of fused-ring (bicyclic) bond motifs is 5. The Kier molecular flexibility index (Phi) is 7.20. The summed E-state index contributed by atoms with van der Waals surface area (Å²) in [6, 6.07) is 0. The molecule has 0 aromatic carbocycles. The maximum Gasteiger partial charge on any atom is -0.0261 e. The van der Waals surface area contributed by atoms with Crippen LogP contribution in [0.15, 0.2) is 0 Å². The minimum Gasteiger partial charge on any atom is -0.0776 e. The fourth-order valence-electron chi connectivity index (χ4n) is 8.72. The molecule has 0 aromatic heterocycles. The number of hydrogen-bond acceptors (Lipinski definition) is 0. The van der Waals surface area contributed by atoms with E-state index in [9.17, 15) is 0 Å². The smallest absolute Gasteiger partial charge is 0.0261 e. The zero-order valence-corrected chi connectivity index (χ0v) is 16.5. The molecule has 0 heterocycles. The van der Waals surface area contributed by atoms with Gasteiger partial charge in [0.25, 0.3) is 0 Å². The second kappa shape index (κ2) is 7.79. The van der Waals surface area contributed by atoms with Crippen LogP contribution in [0.5, 0.6) is 0 Å². The highest BCUT2D eigenvalue weighted by atomic mass is 14.7. The van der Waals surface area contributed by atoms with Crippen molar-refractivity contribution < 1.29 is 0 Å². The van der Waals surface area contributed by atoms with Gasteiger partial charge in [-0.3, -0.25) is 0 Å². The molecule has 0 amide bonds. The lowest BCUT2D eigenvalue weighted by molar-refractivity contribution is -0.118. The summed E-state index contributed by atoms with van der Waals surface area (Å²) < 4.78 is 0. The van der Waals surface area contributed by atoms with E-state index in [1.807, 2.05) is 0 Å². The summed E-state index contributed by atoms with van der Waals surface area (Å²) in [7, 11) is 0. The van der Waals surface area contributed by atoms with E-state index in [0.29, 0.717) is 16.2 Å². The molecule has 0 aromatic rings. The average Bonchev–Trinajstić information content (AvgIpc) is 2.84. The van der Waals surface area contributed by atoms with Crippen LogP contribution in [0.1, 0.15) is 121 Å². The molecule has 7 atom stereocenters. The van der Waals surface area contributed by atoms with Gasteiger partial charge < -0.3 is 0 Å². The van der Waals surface area contributed by atoms with Crippen LogP contribution in [0.4, 0.5) is 0 Å². The SMILES string of the molecule is C.C.C.CC(C)(C)C1CCC2C3CCC4CCCCC4(C)C3CCC21C. The molecule has 0 aliphatic heterocycles. The van der Waals surface area contributed by atoms with Gasteiger partial charge in [-0.05, 0) is 97.2 Å². The molecule has 4 rings (SSSR count). The van der Waals surface area contributed by atoms with E-state index < -0.39 is 0 Å². The predicted octanol–water partition coefficient (Wildman–Crippen LogP) is 8.99. The summed E-state index contributed by atoms with van der Waals surface area (Å²) in [6.07, 6.45) is 15.4. The quantitative estimate of drug-likeness (QED) is 0.402. The van der Waals surface area contributed by atoms with E-state index in [4.69, 9.17) is 0 Å². The Morgan fingerprint density at radius 3 is 1.96 bits per heavy atom. The van der Waals surface area contributed by atoms with Gasteiger partial charge in [-0.1, -0.05) is 69.7 Å². The Labute approximate surface area is 167 Å². The minimum absolute atomic E-state index is 0. The van der Waals surface area contributed by atoms with E-state index in [1.54, 1.807) is 38.5 Å². The van der Waals surface area contributed by atoms with Gasteiger partial charge in [-0.25, -0.2) is 0 Å². The summed E-state index contributed by atoms with van der Waals surface area (Å²) in [6.45, 7) is 12.9. The zero-order valence-electron chi connectivity index (χ0n) is 16.5. The van der Waals surface area contributed by atoms with Crippen LogP contribution >= 0.6 is 0 Å². The molecule has 0 radical (unpaired) electrons. The summed E-state index contributed by atoms with van der Waals surface area (Å²) in [5.41, 5.74) is 1.86. The lowest BCUT2D eigenvalue weighted by Crippen LogP contribution is -2.53. The number of rotatable bonds is 0. The van der Waals surface area contributed by atoms with Gasteiger partial charge in [0.1, 0.15) is 0 Å². The maximum absolute atomic E-state index is 2.71. The van der Waals surface area contributed by atoms with Crippen LogP contribution in [-0.2, 0) is 0 Å². The van der Waals surface area contributed by atoms with Crippen molar-refractivity contribution in [3.63, 3.8) is 0 Å². The zero-order chi connectivity index (χ0) is 16.5. The molecular formula is C26H52. The second-order valence-electron chi connectivity index (χ2n) is 11.4. The molecule has 0 bridgehead atoms. The van der Waals surface area contributed by atoms with Crippen molar-refractivity contribution in [1.29, 1.82) is 0 Å². The molecule has 0 spiro atoms.